The topological polar surface area (TPSA) is 100 Å². The highest BCUT2D eigenvalue weighted by Gasteiger charge is 2.32. The van der Waals surface area contributed by atoms with E-state index < -0.39 is 37.5 Å². The Morgan fingerprint density at radius 2 is 1.70 bits per heavy atom. The zero-order valence-corrected chi connectivity index (χ0v) is 21.8. The average Bonchev–Trinajstić information content (AvgIpc) is 3.25. The number of halogens is 3. The lowest BCUT2D eigenvalue weighted by Crippen LogP contribution is -2.18. The van der Waals surface area contributed by atoms with Crippen LogP contribution in [0.5, 0.6) is 11.5 Å². The van der Waals surface area contributed by atoms with Crippen LogP contribution in [-0.2, 0) is 32.8 Å². The van der Waals surface area contributed by atoms with Gasteiger partial charge in [0.15, 0.2) is 0 Å². The summed E-state index contributed by atoms with van der Waals surface area (Å²) in [6.45, 7) is 3.56. The molecule has 2 aromatic carbocycles. The Bertz CT molecular complexity index is 1620. The fourth-order valence-electron chi connectivity index (χ4n) is 3.84. The molecule has 1 unspecified atom stereocenters. The lowest BCUT2D eigenvalue weighted by molar-refractivity contribution is -0.137. The molecule has 8 nitrogen and oxygen atoms in total. The highest BCUT2D eigenvalue weighted by molar-refractivity contribution is 7.91. The number of methoxy groups -OCH3 is 2. The molecule has 196 valence electrons. The first-order valence-electron chi connectivity index (χ1n) is 10.7. The summed E-state index contributed by atoms with van der Waals surface area (Å²) in [5.41, 5.74) is 1.12. The number of aromatic nitrogens is 3. The Morgan fingerprint density at radius 1 is 1.03 bits per heavy atom. The molecule has 0 saturated carbocycles. The van der Waals surface area contributed by atoms with Crippen LogP contribution < -0.4 is 9.47 Å². The summed E-state index contributed by atoms with van der Waals surface area (Å²) >= 11 is 0. The first-order chi connectivity index (χ1) is 17.4. The number of aryl methyl sites for hydroxylation is 1. The number of hydrogen-bond donors (Lipinski definition) is 0. The average molecular weight is 554 g/mol. The molecular weight excluding hydrogens is 531 g/mol. The SMILES string of the molecule is COc1ccc2nc(S(=O)Cc3ncc(C)c(OC)c3C)n(S(=O)(=O)c3ccc(C(F)(F)F)cc3)c2c1. The van der Waals surface area contributed by atoms with Crippen molar-refractivity contribution in [2.24, 2.45) is 0 Å². The minimum absolute atomic E-state index is 0.0637. The molecule has 1 atom stereocenters. The highest BCUT2D eigenvalue weighted by atomic mass is 32.2. The summed E-state index contributed by atoms with van der Waals surface area (Å²) in [5, 5.41) is -0.302. The Hall–Kier alpha value is -3.45. The molecule has 0 aliphatic carbocycles. The van der Waals surface area contributed by atoms with Crippen LogP contribution in [0.3, 0.4) is 0 Å². The number of alkyl halides is 3. The molecule has 0 aliphatic rings. The third-order valence-electron chi connectivity index (χ3n) is 5.73. The van der Waals surface area contributed by atoms with Gasteiger partial charge in [0.05, 0.1) is 58.0 Å². The molecule has 0 spiro atoms. The Labute approximate surface area is 213 Å². The first-order valence-corrected chi connectivity index (χ1v) is 13.5. The molecule has 0 bridgehead atoms. The first kappa shape index (κ1) is 26.6. The maximum absolute atomic E-state index is 13.7. The molecule has 2 heterocycles. The standard InChI is InChI=1S/C24H22F3N3O5S2/c1-14-12-28-20(15(2)22(14)35-4)13-36(31)23-29-19-10-7-17(34-3)11-21(19)30(23)37(32,33)18-8-5-16(6-9-18)24(25,26)27/h5-12H,13H2,1-4H3. The van der Waals surface area contributed by atoms with E-state index in [1.54, 1.807) is 19.2 Å². The van der Waals surface area contributed by atoms with Crippen molar-refractivity contribution in [3.8, 4) is 11.5 Å². The third kappa shape index (κ3) is 4.92. The molecule has 0 saturated heterocycles. The summed E-state index contributed by atoms with van der Waals surface area (Å²) in [7, 11) is -3.64. The van der Waals surface area contributed by atoms with Gasteiger partial charge in [-0.05, 0) is 50.2 Å². The summed E-state index contributed by atoms with van der Waals surface area (Å²) in [4.78, 5) is 8.22. The van der Waals surface area contributed by atoms with Crippen LogP contribution >= 0.6 is 0 Å². The molecule has 0 N–H and O–H groups in total. The van der Waals surface area contributed by atoms with Gasteiger partial charge in [0.2, 0.25) is 5.16 Å². The van der Waals surface area contributed by atoms with Crippen LogP contribution in [-0.4, -0.2) is 40.8 Å². The van der Waals surface area contributed by atoms with Crippen LogP contribution in [0.15, 0.2) is 58.7 Å². The summed E-state index contributed by atoms with van der Waals surface area (Å²) in [6, 6.07) is 7.54. The zero-order valence-electron chi connectivity index (χ0n) is 20.2. The number of benzene rings is 2. The molecule has 0 aliphatic heterocycles. The largest absolute Gasteiger partial charge is 0.497 e. The lowest BCUT2D eigenvalue weighted by atomic mass is 10.1. The number of ether oxygens (including phenoxy) is 2. The monoisotopic (exact) mass is 553 g/mol. The molecule has 37 heavy (non-hydrogen) atoms. The van der Waals surface area contributed by atoms with Crippen LogP contribution in [0.2, 0.25) is 0 Å². The van der Waals surface area contributed by atoms with Gasteiger partial charge >= 0.3 is 6.18 Å². The van der Waals surface area contributed by atoms with Gasteiger partial charge in [-0.1, -0.05) is 0 Å². The van der Waals surface area contributed by atoms with E-state index in [2.05, 4.69) is 9.97 Å². The number of pyridine rings is 1. The van der Waals surface area contributed by atoms with Crippen molar-refractivity contribution in [2.75, 3.05) is 14.2 Å². The molecule has 0 fully saturated rings. The van der Waals surface area contributed by atoms with E-state index in [0.29, 0.717) is 34.9 Å². The van der Waals surface area contributed by atoms with Gasteiger partial charge in [-0.2, -0.15) is 13.2 Å². The van der Waals surface area contributed by atoms with Gasteiger partial charge in [-0.15, -0.1) is 0 Å². The van der Waals surface area contributed by atoms with Gasteiger partial charge in [0.25, 0.3) is 10.0 Å². The van der Waals surface area contributed by atoms with Crippen LogP contribution in [0.25, 0.3) is 11.0 Å². The Kier molecular flexibility index (Phi) is 7.04. The van der Waals surface area contributed by atoms with E-state index in [0.717, 1.165) is 21.7 Å². The minimum atomic E-state index is -4.63. The second kappa shape index (κ2) is 9.78. The van der Waals surface area contributed by atoms with Gasteiger partial charge < -0.3 is 9.47 Å². The normalized spacial score (nSPS) is 13.1. The van der Waals surface area contributed by atoms with Crippen molar-refractivity contribution in [1.29, 1.82) is 0 Å². The van der Waals surface area contributed by atoms with Crippen molar-refractivity contribution in [2.45, 2.75) is 35.8 Å². The summed E-state index contributed by atoms with van der Waals surface area (Å²) < 4.78 is 91.4. The second-order valence-electron chi connectivity index (χ2n) is 8.08. The molecule has 2 aromatic heterocycles. The van der Waals surface area contributed by atoms with E-state index in [4.69, 9.17) is 9.47 Å². The van der Waals surface area contributed by atoms with Crippen LogP contribution in [0.1, 0.15) is 22.4 Å². The van der Waals surface area contributed by atoms with Crippen LogP contribution in [0.4, 0.5) is 13.2 Å². The number of fused-ring (bicyclic) bond motifs is 1. The van der Waals surface area contributed by atoms with Gasteiger partial charge in [0.1, 0.15) is 11.5 Å². The number of imidazole rings is 1. The smallest absolute Gasteiger partial charge is 0.416 e. The Balaban J connectivity index is 1.88. The van der Waals surface area contributed by atoms with Crippen molar-refractivity contribution in [1.82, 2.24) is 13.9 Å². The lowest BCUT2D eigenvalue weighted by Gasteiger charge is -2.14. The maximum Gasteiger partial charge on any atom is 0.416 e. The van der Waals surface area contributed by atoms with Crippen molar-refractivity contribution >= 4 is 31.9 Å². The third-order valence-corrected chi connectivity index (χ3v) is 8.78. The molecule has 13 heteroatoms. The van der Waals surface area contributed by atoms with Crippen molar-refractivity contribution in [3.63, 3.8) is 0 Å². The molecular formula is C24H22F3N3O5S2. The highest BCUT2D eigenvalue weighted by Crippen LogP contribution is 2.33. The molecule has 4 aromatic rings. The number of nitrogens with zero attached hydrogens (tertiary/aromatic N) is 3. The maximum atomic E-state index is 13.7. The van der Waals surface area contributed by atoms with E-state index >= 15 is 0 Å². The van der Waals surface area contributed by atoms with Crippen molar-refractivity contribution in [3.05, 3.63) is 71.0 Å². The van der Waals surface area contributed by atoms with Crippen molar-refractivity contribution < 1.29 is 35.3 Å². The van der Waals surface area contributed by atoms with Gasteiger partial charge in [-0.3, -0.25) is 9.19 Å². The quantitative estimate of drug-likeness (QED) is 0.329. The van der Waals surface area contributed by atoms with Crippen LogP contribution in [0, 0.1) is 13.8 Å². The van der Waals surface area contributed by atoms with E-state index in [1.807, 2.05) is 6.92 Å². The second-order valence-corrected chi connectivity index (χ2v) is 11.2. The fraction of sp³-hybridized carbons (Fsp3) is 0.250. The number of hydrogen-bond acceptors (Lipinski definition) is 7. The predicted molar refractivity (Wildman–Crippen MR) is 131 cm³/mol. The van der Waals surface area contributed by atoms with Gasteiger partial charge in [0, 0.05) is 23.4 Å². The summed E-state index contributed by atoms with van der Waals surface area (Å²) in [6.07, 6.45) is -3.07. The molecule has 0 amide bonds. The van der Waals surface area contributed by atoms with Gasteiger partial charge in [-0.25, -0.2) is 17.4 Å². The van der Waals surface area contributed by atoms with E-state index in [1.165, 1.54) is 26.4 Å². The predicted octanol–water partition coefficient (Wildman–Crippen LogP) is 4.63. The summed E-state index contributed by atoms with van der Waals surface area (Å²) in [5.74, 6) is 0.706. The van der Waals surface area contributed by atoms with E-state index in [-0.39, 0.29) is 21.9 Å². The van der Waals surface area contributed by atoms with E-state index in [9.17, 15) is 25.8 Å². The Morgan fingerprint density at radius 3 is 2.30 bits per heavy atom. The molecule has 0 radical (unpaired) electrons. The minimum Gasteiger partial charge on any atom is -0.497 e. The fourth-order valence-corrected chi connectivity index (χ4v) is 6.88. The number of rotatable bonds is 7. The molecule has 4 rings (SSSR count). The zero-order chi connectivity index (χ0) is 27.1.